The second-order valence-corrected chi connectivity index (χ2v) is 7.93. The van der Waals surface area contributed by atoms with Gasteiger partial charge in [-0.3, -0.25) is 9.59 Å². The summed E-state index contributed by atoms with van der Waals surface area (Å²) in [5, 5.41) is 0. The van der Waals surface area contributed by atoms with Crippen molar-refractivity contribution in [2.75, 3.05) is 13.1 Å². The van der Waals surface area contributed by atoms with E-state index in [2.05, 4.69) is 0 Å². The first-order chi connectivity index (χ1) is 10.7. The molecule has 1 saturated heterocycles. The lowest BCUT2D eigenvalue weighted by atomic mass is 9.81. The van der Waals surface area contributed by atoms with Crippen LogP contribution in [0, 0.1) is 12.3 Å². The Morgan fingerprint density at radius 2 is 1.87 bits per heavy atom. The van der Waals surface area contributed by atoms with Crippen LogP contribution in [0.1, 0.15) is 56.0 Å². The van der Waals surface area contributed by atoms with E-state index in [0.717, 1.165) is 5.56 Å². The van der Waals surface area contributed by atoms with Gasteiger partial charge in [0.05, 0.1) is 12.0 Å². The zero-order valence-corrected chi connectivity index (χ0v) is 14.4. The molecule has 2 aliphatic rings. The lowest BCUT2D eigenvalue weighted by Crippen LogP contribution is -2.54. The van der Waals surface area contributed by atoms with E-state index in [1.165, 1.54) is 0 Å². The summed E-state index contributed by atoms with van der Waals surface area (Å²) in [5.41, 5.74) is 0.970. The van der Waals surface area contributed by atoms with E-state index >= 15 is 0 Å². The van der Waals surface area contributed by atoms with Crippen molar-refractivity contribution in [3.05, 3.63) is 29.3 Å². The zero-order chi connectivity index (χ0) is 16.8. The second-order valence-electron chi connectivity index (χ2n) is 7.93. The average molecular weight is 315 g/mol. The highest BCUT2D eigenvalue weighted by atomic mass is 16.5. The molecule has 0 N–H and O–H groups in total. The first kappa shape index (κ1) is 16.0. The summed E-state index contributed by atoms with van der Waals surface area (Å²) in [7, 11) is 0. The van der Waals surface area contributed by atoms with Crippen LogP contribution in [0.4, 0.5) is 0 Å². The highest BCUT2D eigenvalue weighted by molar-refractivity contribution is 6.00. The maximum Gasteiger partial charge on any atom is 0.227 e. The number of benzene rings is 1. The molecule has 1 aromatic carbocycles. The van der Waals surface area contributed by atoms with Gasteiger partial charge in [0.15, 0.2) is 5.78 Å². The molecule has 1 fully saturated rings. The van der Waals surface area contributed by atoms with E-state index in [4.69, 9.17) is 4.74 Å². The number of carbonyl (C=O) groups is 2. The standard InChI is InChI=1S/C19H25NO3/c1-13-5-6-16-14(11-13)15(21)12-19(23-16)7-9-20(10-8-19)17(22)18(2,3)4/h5-6,11H,7-10,12H2,1-4H3. The molecule has 0 saturated carbocycles. The van der Waals surface area contributed by atoms with Gasteiger partial charge in [-0.05, 0) is 19.1 Å². The number of amides is 1. The topological polar surface area (TPSA) is 46.6 Å². The average Bonchev–Trinajstić information content (AvgIpc) is 2.47. The number of likely N-dealkylation sites (tertiary alicyclic amines) is 1. The fraction of sp³-hybridized carbons (Fsp3) is 0.579. The molecule has 0 bridgehead atoms. The molecule has 1 aromatic rings. The number of ketones is 1. The summed E-state index contributed by atoms with van der Waals surface area (Å²) < 4.78 is 6.24. The normalized spacial score (nSPS) is 20.2. The predicted molar refractivity (Wildman–Crippen MR) is 88.8 cm³/mol. The van der Waals surface area contributed by atoms with Gasteiger partial charge in [0.1, 0.15) is 11.4 Å². The van der Waals surface area contributed by atoms with Crippen LogP contribution in [0.2, 0.25) is 0 Å². The van der Waals surface area contributed by atoms with Gasteiger partial charge < -0.3 is 9.64 Å². The van der Waals surface area contributed by atoms with Crippen molar-refractivity contribution >= 4 is 11.7 Å². The Hall–Kier alpha value is -1.84. The molecular weight excluding hydrogens is 290 g/mol. The van der Waals surface area contributed by atoms with Crippen LogP contribution >= 0.6 is 0 Å². The number of piperidine rings is 1. The van der Waals surface area contributed by atoms with Crippen molar-refractivity contribution in [3.63, 3.8) is 0 Å². The molecule has 4 heteroatoms. The number of nitrogens with zero attached hydrogens (tertiary/aromatic N) is 1. The van der Waals surface area contributed by atoms with E-state index in [9.17, 15) is 9.59 Å². The van der Waals surface area contributed by atoms with Gasteiger partial charge in [-0.2, -0.15) is 0 Å². The smallest absolute Gasteiger partial charge is 0.227 e. The maximum atomic E-state index is 12.5. The van der Waals surface area contributed by atoms with Gasteiger partial charge in [-0.15, -0.1) is 0 Å². The summed E-state index contributed by atoms with van der Waals surface area (Å²) in [6, 6.07) is 5.78. The maximum absolute atomic E-state index is 12.5. The summed E-state index contributed by atoms with van der Waals surface area (Å²) in [5.74, 6) is 1.03. The fourth-order valence-corrected chi connectivity index (χ4v) is 3.48. The predicted octanol–water partition coefficient (Wildman–Crippen LogP) is 3.37. The highest BCUT2D eigenvalue weighted by Gasteiger charge is 2.44. The molecule has 0 radical (unpaired) electrons. The molecule has 1 spiro atoms. The molecule has 2 heterocycles. The van der Waals surface area contributed by atoms with Gasteiger partial charge in [-0.1, -0.05) is 32.4 Å². The number of carbonyl (C=O) groups excluding carboxylic acids is 2. The molecule has 0 aromatic heterocycles. The van der Waals surface area contributed by atoms with E-state index < -0.39 is 5.60 Å². The van der Waals surface area contributed by atoms with Gasteiger partial charge >= 0.3 is 0 Å². The Morgan fingerprint density at radius 3 is 2.48 bits per heavy atom. The Labute approximate surface area is 137 Å². The highest BCUT2D eigenvalue weighted by Crippen LogP contribution is 2.40. The number of hydrogen-bond donors (Lipinski definition) is 0. The van der Waals surface area contributed by atoms with Crippen LogP contribution in [0.3, 0.4) is 0 Å². The van der Waals surface area contributed by atoms with Crippen molar-refractivity contribution in [2.45, 2.75) is 52.6 Å². The molecule has 0 aliphatic carbocycles. The Balaban J connectivity index is 1.76. The van der Waals surface area contributed by atoms with E-state index in [1.807, 2.05) is 50.8 Å². The number of aryl methyl sites for hydroxylation is 1. The van der Waals surface area contributed by atoms with Gasteiger partial charge in [0, 0.05) is 31.3 Å². The van der Waals surface area contributed by atoms with Crippen molar-refractivity contribution < 1.29 is 14.3 Å². The molecule has 23 heavy (non-hydrogen) atoms. The third-order valence-corrected chi connectivity index (χ3v) is 4.85. The molecule has 2 aliphatic heterocycles. The molecule has 0 unspecified atom stereocenters. The minimum atomic E-state index is -0.437. The number of rotatable bonds is 0. The first-order valence-corrected chi connectivity index (χ1v) is 8.32. The molecule has 3 rings (SSSR count). The van der Waals surface area contributed by atoms with Crippen molar-refractivity contribution in [1.82, 2.24) is 4.90 Å². The lowest BCUT2D eigenvalue weighted by Gasteiger charge is -2.45. The zero-order valence-electron chi connectivity index (χ0n) is 14.4. The SMILES string of the molecule is Cc1ccc2c(c1)C(=O)CC1(CCN(C(=O)C(C)(C)C)CC1)O2. The van der Waals surface area contributed by atoms with E-state index in [0.29, 0.717) is 43.7 Å². The second kappa shape index (κ2) is 5.36. The number of hydrogen-bond acceptors (Lipinski definition) is 3. The number of Topliss-reactive ketones (excluding diaryl/α,β-unsaturated/α-hetero) is 1. The van der Waals surface area contributed by atoms with Crippen molar-refractivity contribution in [2.24, 2.45) is 5.41 Å². The number of ether oxygens (including phenoxy) is 1. The van der Waals surface area contributed by atoms with E-state index in [1.54, 1.807) is 0 Å². The monoisotopic (exact) mass is 315 g/mol. The summed E-state index contributed by atoms with van der Waals surface area (Å²) in [6.07, 6.45) is 1.85. The molecule has 124 valence electrons. The third kappa shape index (κ3) is 2.99. The minimum absolute atomic E-state index is 0.158. The van der Waals surface area contributed by atoms with E-state index in [-0.39, 0.29) is 17.1 Å². The van der Waals surface area contributed by atoms with Crippen LogP contribution in [-0.4, -0.2) is 35.3 Å². The van der Waals surface area contributed by atoms with Crippen LogP contribution in [0.15, 0.2) is 18.2 Å². The fourth-order valence-electron chi connectivity index (χ4n) is 3.48. The molecule has 0 atom stereocenters. The van der Waals surface area contributed by atoms with Gasteiger partial charge in [0.25, 0.3) is 0 Å². The summed E-state index contributed by atoms with van der Waals surface area (Å²) in [4.78, 5) is 26.8. The molecule has 4 nitrogen and oxygen atoms in total. The van der Waals surface area contributed by atoms with Crippen LogP contribution in [0.5, 0.6) is 5.75 Å². The third-order valence-electron chi connectivity index (χ3n) is 4.85. The largest absolute Gasteiger partial charge is 0.486 e. The summed E-state index contributed by atoms with van der Waals surface area (Å²) in [6.45, 7) is 9.13. The van der Waals surface area contributed by atoms with Crippen LogP contribution < -0.4 is 4.74 Å². The summed E-state index contributed by atoms with van der Waals surface area (Å²) >= 11 is 0. The Morgan fingerprint density at radius 1 is 1.22 bits per heavy atom. The first-order valence-electron chi connectivity index (χ1n) is 8.32. The minimum Gasteiger partial charge on any atom is -0.486 e. The Bertz CT molecular complexity index is 649. The van der Waals surface area contributed by atoms with Gasteiger partial charge in [0.2, 0.25) is 5.91 Å². The Kier molecular flexibility index (Phi) is 3.74. The van der Waals surface area contributed by atoms with Crippen LogP contribution in [0.25, 0.3) is 0 Å². The van der Waals surface area contributed by atoms with Gasteiger partial charge in [-0.25, -0.2) is 0 Å². The van der Waals surface area contributed by atoms with Crippen LogP contribution in [-0.2, 0) is 4.79 Å². The lowest BCUT2D eigenvalue weighted by molar-refractivity contribution is -0.143. The quantitative estimate of drug-likeness (QED) is 0.737. The number of fused-ring (bicyclic) bond motifs is 1. The molecular formula is C19H25NO3. The molecule has 1 amide bonds. The van der Waals surface area contributed by atoms with Crippen molar-refractivity contribution in [3.8, 4) is 5.75 Å². The van der Waals surface area contributed by atoms with Crippen molar-refractivity contribution in [1.29, 1.82) is 0 Å².